The van der Waals surface area contributed by atoms with Crippen LogP contribution in [-0.4, -0.2) is 15.7 Å². The summed E-state index contributed by atoms with van der Waals surface area (Å²) in [6.45, 7) is 1.76. The molecule has 126 valence electrons. The molecule has 0 saturated heterocycles. The zero-order valence-corrected chi connectivity index (χ0v) is 15.2. The molecule has 5 nitrogen and oxygen atoms in total. The SMILES string of the molecule is Cc1cc(Br)ccc1NC(=O)Cn1nc(-c2ccccc2)ccc1=O. The summed E-state index contributed by atoms with van der Waals surface area (Å²) < 4.78 is 2.11. The molecule has 0 saturated carbocycles. The lowest BCUT2D eigenvalue weighted by Crippen LogP contribution is -2.29. The summed E-state index contributed by atoms with van der Waals surface area (Å²) in [4.78, 5) is 24.3. The number of hydrogen-bond donors (Lipinski definition) is 1. The van der Waals surface area contributed by atoms with E-state index in [0.717, 1.165) is 15.6 Å². The van der Waals surface area contributed by atoms with Crippen molar-refractivity contribution < 1.29 is 4.79 Å². The molecule has 3 aromatic rings. The van der Waals surface area contributed by atoms with Gasteiger partial charge in [0.05, 0.1) is 5.69 Å². The number of rotatable bonds is 4. The Bertz CT molecular complexity index is 968. The van der Waals surface area contributed by atoms with Crippen LogP contribution < -0.4 is 10.9 Å². The molecule has 0 bridgehead atoms. The van der Waals surface area contributed by atoms with Crippen molar-refractivity contribution in [3.63, 3.8) is 0 Å². The van der Waals surface area contributed by atoms with Crippen LogP contribution in [0.25, 0.3) is 11.3 Å². The highest BCUT2D eigenvalue weighted by atomic mass is 79.9. The summed E-state index contributed by atoms with van der Waals surface area (Å²) >= 11 is 3.39. The summed E-state index contributed by atoms with van der Waals surface area (Å²) in [5.74, 6) is -0.301. The van der Waals surface area contributed by atoms with Crippen molar-refractivity contribution in [2.75, 3.05) is 5.32 Å². The summed E-state index contributed by atoms with van der Waals surface area (Å²) in [5.41, 5.74) is 2.86. The average molecular weight is 398 g/mol. The van der Waals surface area contributed by atoms with E-state index >= 15 is 0 Å². The molecule has 0 aliphatic rings. The van der Waals surface area contributed by atoms with Gasteiger partial charge in [0.25, 0.3) is 5.56 Å². The molecule has 0 spiro atoms. The van der Waals surface area contributed by atoms with Gasteiger partial charge in [0.1, 0.15) is 6.54 Å². The Hall–Kier alpha value is -2.73. The molecule has 0 unspecified atom stereocenters. The number of amides is 1. The minimum atomic E-state index is -0.317. The normalized spacial score (nSPS) is 10.5. The maximum Gasteiger partial charge on any atom is 0.267 e. The molecule has 0 radical (unpaired) electrons. The quantitative estimate of drug-likeness (QED) is 0.730. The van der Waals surface area contributed by atoms with E-state index in [0.29, 0.717) is 11.4 Å². The number of hydrogen-bond acceptors (Lipinski definition) is 3. The van der Waals surface area contributed by atoms with Crippen molar-refractivity contribution in [2.45, 2.75) is 13.5 Å². The van der Waals surface area contributed by atoms with Crippen LogP contribution in [0.4, 0.5) is 5.69 Å². The number of benzene rings is 2. The summed E-state index contributed by atoms with van der Waals surface area (Å²) in [7, 11) is 0. The summed E-state index contributed by atoms with van der Waals surface area (Å²) in [6, 6.07) is 18.2. The zero-order chi connectivity index (χ0) is 17.8. The Morgan fingerprint density at radius 1 is 1.12 bits per heavy atom. The minimum Gasteiger partial charge on any atom is -0.324 e. The third kappa shape index (κ3) is 4.22. The number of nitrogens with zero attached hydrogens (tertiary/aromatic N) is 2. The minimum absolute atomic E-state index is 0.144. The molecule has 1 aromatic heterocycles. The Morgan fingerprint density at radius 2 is 1.88 bits per heavy atom. The van der Waals surface area contributed by atoms with Gasteiger partial charge in [-0.3, -0.25) is 9.59 Å². The molecule has 1 N–H and O–H groups in total. The van der Waals surface area contributed by atoms with Crippen molar-refractivity contribution in [3.8, 4) is 11.3 Å². The zero-order valence-electron chi connectivity index (χ0n) is 13.6. The lowest BCUT2D eigenvalue weighted by molar-refractivity contribution is -0.117. The van der Waals surface area contributed by atoms with E-state index in [4.69, 9.17) is 0 Å². The second kappa shape index (κ2) is 7.44. The lowest BCUT2D eigenvalue weighted by Gasteiger charge is -2.10. The molecule has 0 aliphatic carbocycles. The maximum atomic E-state index is 12.3. The van der Waals surface area contributed by atoms with E-state index < -0.39 is 0 Å². The number of nitrogens with one attached hydrogen (secondary N) is 1. The van der Waals surface area contributed by atoms with Crippen LogP contribution in [0.15, 0.2) is 69.9 Å². The molecule has 0 fully saturated rings. The third-order valence-corrected chi connectivity index (χ3v) is 4.19. The van der Waals surface area contributed by atoms with Gasteiger partial charge >= 0.3 is 0 Å². The van der Waals surface area contributed by atoms with Crippen LogP contribution >= 0.6 is 15.9 Å². The van der Waals surface area contributed by atoms with E-state index in [-0.39, 0.29) is 18.0 Å². The first-order chi connectivity index (χ1) is 12.0. The molecule has 3 rings (SSSR count). The first-order valence-electron chi connectivity index (χ1n) is 7.72. The number of halogens is 1. The summed E-state index contributed by atoms with van der Waals surface area (Å²) in [6.07, 6.45) is 0. The van der Waals surface area contributed by atoms with Gasteiger partial charge in [-0.05, 0) is 36.8 Å². The highest BCUT2D eigenvalue weighted by Gasteiger charge is 2.09. The Labute approximate surface area is 153 Å². The number of carbonyl (C=O) groups is 1. The predicted octanol–water partition coefficient (Wildman–Crippen LogP) is 3.62. The Balaban J connectivity index is 1.80. The van der Waals surface area contributed by atoms with Crippen LogP contribution in [0.3, 0.4) is 0 Å². The van der Waals surface area contributed by atoms with Gasteiger partial charge in [0.15, 0.2) is 0 Å². The summed E-state index contributed by atoms with van der Waals surface area (Å²) in [5, 5.41) is 7.11. The van der Waals surface area contributed by atoms with Gasteiger partial charge in [-0.1, -0.05) is 46.3 Å². The smallest absolute Gasteiger partial charge is 0.267 e. The van der Waals surface area contributed by atoms with Gasteiger partial charge in [-0.25, -0.2) is 4.68 Å². The van der Waals surface area contributed by atoms with E-state index in [1.165, 1.54) is 10.7 Å². The third-order valence-electron chi connectivity index (χ3n) is 3.69. The molecule has 1 heterocycles. The number of aromatic nitrogens is 2. The molecule has 0 atom stereocenters. The fourth-order valence-corrected chi connectivity index (χ4v) is 2.89. The highest BCUT2D eigenvalue weighted by Crippen LogP contribution is 2.20. The van der Waals surface area contributed by atoms with Gasteiger partial charge in [-0.2, -0.15) is 5.10 Å². The average Bonchev–Trinajstić information content (AvgIpc) is 2.60. The standard InChI is InChI=1S/C19H16BrN3O2/c1-13-11-15(20)7-8-16(13)21-18(24)12-23-19(25)10-9-17(22-23)14-5-3-2-4-6-14/h2-11H,12H2,1H3,(H,21,24). The van der Waals surface area contributed by atoms with Crippen LogP contribution in [0.1, 0.15) is 5.56 Å². The second-order valence-corrected chi connectivity index (χ2v) is 6.50. The molecular weight excluding hydrogens is 382 g/mol. The molecular formula is C19H16BrN3O2. The number of aryl methyl sites for hydroxylation is 1. The molecule has 25 heavy (non-hydrogen) atoms. The molecule has 6 heteroatoms. The predicted molar refractivity (Wildman–Crippen MR) is 101 cm³/mol. The Morgan fingerprint density at radius 3 is 2.60 bits per heavy atom. The molecule has 1 amide bonds. The highest BCUT2D eigenvalue weighted by molar-refractivity contribution is 9.10. The lowest BCUT2D eigenvalue weighted by atomic mass is 10.1. The van der Waals surface area contributed by atoms with Crippen molar-refractivity contribution in [1.82, 2.24) is 9.78 Å². The second-order valence-electron chi connectivity index (χ2n) is 5.59. The monoisotopic (exact) mass is 397 g/mol. The number of carbonyl (C=O) groups excluding carboxylic acids is 1. The van der Waals surface area contributed by atoms with Crippen molar-refractivity contribution >= 4 is 27.5 Å². The van der Waals surface area contributed by atoms with Crippen LogP contribution in [-0.2, 0) is 11.3 Å². The van der Waals surface area contributed by atoms with E-state index in [1.54, 1.807) is 6.07 Å². The largest absolute Gasteiger partial charge is 0.324 e. The fraction of sp³-hybridized carbons (Fsp3) is 0.105. The van der Waals surface area contributed by atoms with E-state index in [9.17, 15) is 9.59 Å². The first kappa shape index (κ1) is 17.1. The van der Waals surface area contributed by atoms with Gasteiger partial charge in [0, 0.05) is 21.8 Å². The van der Waals surface area contributed by atoms with Gasteiger partial charge < -0.3 is 5.32 Å². The van der Waals surface area contributed by atoms with Crippen LogP contribution in [0, 0.1) is 6.92 Å². The van der Waals surface area contributed by atoms with Gasteiger partial charge in [0.2, 0.25) is 5.91 Å². The first-order valence-corrected chi connectivity index (χ1v) is 8.52. The number of anilines is 1. The molecule has 0 aliphatic heterocycles. The van der Waals surface area contributed by atoms with E-state index in [2.05, 4.69) is 26.3 Å². The van der Waals surface area contributed by atoms with Crippen LogP contribution in [0.5, 0.6) is 0 Å². The van der Waals surface area contributed by atoms with Crippen molar-refractivity contribution in [3.05, 3.63) is 81.1 Å². The van der Waals surface area contributed by atoms with E-state index in [1.807, 2.05) is 55.5 Å². The molecule has 2 aromatic carbocycles. The van der Waals surface area contributed by atoms with Crippen LogP contribution in [0.2, 0.25) is 0 Å². The Kier molecular flexibility index (Phi) is 5.09. The van der Waals surface area contributed by atoms with Gasteiger partial charge in [-0.15, -0.1) is 0 Å². The maximum absolute atomic E-state index is 12.3. The van der Waals surface area contributed by atoms with Crippen molar-refractivity contribution in [1.29, 1.82) is 0 Å². The van der Waals surface area contributed by atoms with Crippen molar-refractivity contribution in [2.24, 2.45) is 0 Å². The fourth-order valence-electron chi connectivity index (χ4n) is 2.42. The topological polar surface area (TPSA) is 64.0 Å².